The zero-order chi connectivity index (χ0) is 16.1. The number of hydrogen-bond acceptors (Lipinski definition) is 3. The van der Waals surface area contributed by atoms with Crippen LogP contribution in [0.3, 0.4) is 0 Å². The molecule has 1 N–H and O–H groups in total. The second-order valence-corrected chi connectivity index (χ2v) is 6.26. The number of nitrogens with one attached hydrogen (secondary N) is 1. The van der Waals surface area contributed by atoms with E-state index in [2.05, 4.69) is 53.5 Å². The largest absolute Gasteiger partial charge is 0.497 e. The molecular formula is C20H26N2O. The van der Waals surface area contributed by atoms with Gasteiger partial charge in [-0.15, -0.1) is 0 Å². The molecule has 2 aromatic carbocycles. The standard InChI is InChI=1S/C20H26N2O/c1-16(22-13-11-21-12-14-22)15-17-3-5-18(6-4-17)19-7-9-20(23-2)10-8-19/h3-10,16,21H,11-15H2,1-2H3. The molecule has 1 atom stereocenters. The minimum Gasteiger partial charge on any atom is -0.497 e. The fraction of sp³-hybridized carbons (Fsp3) is 0.400. The first kappa shape index (κ1) is 16.0. The van der Waals surface area contributed by atoms with Crippen molar-refractivity contribution < 1.29 is 4.74 Å². The van der Waals surface area contributed by atoms with Crippen LogP contribution in [0, 0.1) is 0 Å². The molecule has 122 valence electrons. The van der Waals surface area contributed by atoms with Crippen LogP contribution in [-0.4, -0.2) is 44.2 Å². The molecule has 1 aliphatic rings. The molecule has 1 heterocycles. The Morgan fingerprint density at radius 2 is 1.52 bits per heavy atom. The molecule has 3 nitrogen and oxygen atoms in total. The summed E-state index contributed by atoms with van der Waals surface area (Å²) in [5.41, 5.74) is 3.90. The first-order valence-electron chi connectivity index (χ1n) is 8.44. The van der Waals surface area contributed by atoms with Crippen molar-refractivity contribution in [3.63, 3.8) is 0 Å². The van der Waals surface area contributed by atoms with Crippen LogP contribution in [0.5, 0.6) is 5.75 Å². The number of methoxy groups -OCH3 is 1. The number of hydrogen-bond donors (Lipinski definition) is 1. The minimum atomic E-state index is 0.601. The summed E-state index contributed by atoms with van der Waals surface area (Å²) < 4.78 is 5.22. The van der Waals surface area contributed by atoms with E-state index in [0.717, 1.165) is 38.3 Å². The van der Waals surface area contributed by atoms with Crippen LogP contribution < -0.4 is 10.1 Å². The summed E-state index contributed by atoms with van der Waals surface area (Å²) >= 11 is 0. The first-order valence-corrected chi connectivity index (χ1v) is 8.44. The third-order valence-electron chi connectivity index (χ3n) is 4.68. The van der Waals surface area contributed by atoms with E-state index in [0.29, 0.717) is 6.04 Å². The highest BCUT2D eigenvalue weighted by atomic mass is 16.5. The number of nitrogens with zero attached hydrogens (tertiary/aromatic N) is 1. The Bertz CT molecular complexity index is 601. The fourth-order valence-corrected chi connectivity index (χ4v) is 3.21. The molecule has 0 amide bonds. The Hall–Kier alpha value is -1.84. The second kappa shape index (κ2) is 7.62. The Balaban J connectivity index is 1.64. The van der Waals surface area contributed by atoms with Crippen molar-refractivity contribution in [2.24, 2.45) is 0 Å². The normalized spacial score (nSPS) is 17.0. The van der Waals surface area contributed by atoms with Gasteiger partial charge in [0.1, 0.15) is 5.75 Å². The lowest BCUT2D eigenvalue weighted by Gasteiger charge is -2.32. The third-order valence-corrected chi connectivity index (χ3v) is 4.68. The highest BCUT2D eigenvalue weighted by Crippen LogP contribution is 2.23. The lowest BCUT2D eigenvalue weighted by molar-refractivity contribution is 0.183. The van der Waals surface area contributed by atoms with Crippen LogP contribution in [-0.2, 0) is 6.42 Å². The predicted octanol–water partition coefficient (Wildman–Crippen LogP) is 3.20. The fourth-order valence-electron chi connectivity index (χ4n) is 3.21. The van der Waals surface area contributed by atoms with E-state index in [1.54, 1.807) is 7.11 Å². The predicted molar refractivity (Wildman–Crippen MR) is 96.0 cm³/mol. The van der Waals surface area contributed by atoms with Gasteiger partial charge in [-0.2, -0.15) is 0 Å². The summed E-state index contributed by atoms with van der Waals surface area (Å²) in [6.07, 6.45) is 1.11. The minimum absolute atomic E-state index is 0.601. The van der Waals surface area contributed by atoms with Crippen LogP contribution in [0.15, 0.2) is 48.5 Å². The zero-order valence-corrected chi connectivity index (χ0v) is 14.1. The average molecular weight is 310 g/mol. The van der Waals surface area contributed by atoms with Gasteiger partial charge in [0.2, 0.25) is 0 Å². The van der Waals surface area contributed by atoms with Gasteiger partial charge in [0, 0.05) is 32.2 Å². The molecule has 0 radical (unpaired) electrons. The third kappa shape index (κ3) is 4.12. The number of ether oxygens (including phenoxy) is 1. The summed E-state index contributed by atoms with van der Waals surface area (Å²) in [6.45, 7) is 6.88. The van der Waals surface area contributed by atoms with Crippen molar-refractivity contribution in [3.05, 3.63) is 54.1 Å². The number of piperazine rings is 1. The van der Waals surface area contributed by atoms with E-state index >= 15 is 0 Å². The average Bonchev–Trinajstić information content (AvgIpc) is 2.63. The highest BCUT2D eigenvalue weighted by molar-refractivity contribution is 5.64. The highest BCUT2D eigenvalue weighted by Gasteiger charge is 2.16. The maximum absolute atomic E-state index is 5.22. The van der Waals surface area contributed by atoms with Gasteiger partial charge in [-0.05, 0) is 42.2 Å². The van der Waals surface area contributed by atoms with Gasteiger partial charge in [0.15, 0.2) is 0 Å². The van der Waals surface area contributed by atoms with Crippen molar-refractivity contribution >= 4 is 0 Å². The van der Waals surface area contributed by atoms with Crippen LogP contribution in [0.4, 0.5) is 0 Å². The smallest absolute Gasteiger partial charge is 0.118 e. The number of rotatable bonds is 5. The molecule has 1 aliphatic heterocycles. The molecule has 1 saturated heterocycles. The van der Waals surface area contributed by atoms with E-state index in [1.807, 2.05) is 12.1 Å². The van der Waals surface area contributed by atoms with Crippen molar-refractivity contribution in [3.8, 4) is 16.9 Å². The molecule has 1 unspecified atom stereocenters. The quantitative estimate of drug-likeness (QED) is 0.918. The van der Waals surface area contributed by atoms with Crippen LogP contribution in [0.1, 0.15) is 12.5 Å². The molecule has 2 aromatic rings. The summed E-state index contributed by atoms with van der Waals surface area (Å²) in [6, 6.07) is 17.8. The zero-order valence-electron chi connectivity index (χ0n) is 14.1. The van der Waals surface area contributed by atoms with Gasteiger partial charge in [-0.25, -0.2) is 0 Å². The Kier molecular flexibility index (Phi) is 5.31. The van der Waals surface area contributed by atoms with Crippen LogP contribution in [0.25, 0.3) is 11.1 Å². The van der Waals surface area contributed by atoms with Gasteiger partial charge >= 0.3 is 0 Å². The summed E-state index contributed by atoms with van der Waals surface area (Å²) in [4.78, 5) is 2.58. The van der Waals surface area contributed by atoms with E-state index in [9.17, 15) is 0 Å². The van der Waals surface area contributed by atoms with Crippen molar-refractivity contribution in [1.82, 2.24) is 10.2 Å². The SMILES string of the molecule is COc1ccc(-c2ccc(CC(C)N3CCNCC3)cc2)cc1. The maximum atomic E-state index is 5.22. The van der Waals surface area contributed by atoms with Crippen molar-refractivity contribution in [2.75, 3.05) is 33.3 Å². The molecule has 0 bridgehead atoms. The van der Waals surface area contributed by atoms with Crippen LogP contribution in [0.2, 0.25) is 0 Å². The van der Waals surface area contributed by atoms with Gasteiger partial charge in [0.25, 0.3) is 0 Å². The molecular weight excluding hydrogens is 284 g/mol. The number of benzene rings is 2. The first-order chi connectivity index (χ1) is 11.3. The Morgan fingerprint density at radius 1 is 0.957 bits per heavy atom. The van der Waals surface area contributed by atoms with E-state index in [-0.39, 0.29) is 0 Å². The monoisotopic (exact) mass is 310 g/mol. The molecule has 0 saturated carbocycles. The van der Waals surface area contributed by atoms with Gasteiger partial charge in [0.05, 0.1) is 7.11 Å². The van der Waals surface area contributed by atoms with E-state index in [1.165, 1.54) is 16.7 Å². The molecule has 0 aliphatic carbocycles. The van der Waals surface area contributed by atoms with Crippen molar-refractivity contribution in [2.45, 2.75) is 19.4 Å². The molecule has 1 fully saturated rings. The topological polar surface area (TPSA) is 24.5 Å². The lowest BCUT2D eigenvalue weighted by Crippen LogP contribution is -2.48. The molecule has 0 aromatic heterocycles. The van der Waals surface area contributed by atoms with Gasteiger partial charge < -0.3 is 10.1 Å². The second-order valence-electron chi connectivity index (χ2n) is 6.26. The molecule has 3 rings (SSSR count). The lowest BCUT2D eigenvalue weighted by atomic mass is 10.0. The molecule has 3 heteroatoms. The Morgan fingerprint density at radius 3 is 2.09 bits per heavy atom. The summed E-state index contributed by atoms with van der Waals surface area (Å²) in [7, 11) is 1.70. The van der Waals surface area contributed by atoms with Crippen molar-refractivity contribution in [1.29, 1.82) is 0 Å². The summed E-state index contributed by atoms with van der Waals surface area (Å²) in [5, 5.41) is 3.42. The van der Waals surface area contributed by atoms with E-state index < -0.39 is 0 Å². The maximum Gasteiger partial charge on any atom is 0.118 e. The summed E-state index contributed by atoms with van der Waals surface area (Å²) in [5.74, 6) is 0.898. The van der Waals surface area contributed by atoms with Gasteiger partial charge in [-0.1, -0.05) is 36.4 Å². The van der Waals surface area contributed by atoms with Crippen LogP contribution >= 0.6 is 0 Å². The molecule has 0 spiro atoms. The molecule has 23 heavy (non-hydrogen) atoms. The van der Waals surface area contributed by atoms with Gasteiger partial charge in [-0.3, -0.25) is 4.90 Å². The van der Waals surface area contributed by atoms with E-state index in [4.69, 9.17) is 4.74 Å². The Labute approximate surface area is 139 Å².